The Labute approximate surface area is 309 Å². The van der Waals surface area contributed by atoms with Crippen LogP contribution in [-0.4, -0.2) is 24.1 Å². The van der Waals surface area contributed by atoms with Gasteiger partial charge in [0.15, 0.2) is 11.6 Å². The van der Waals surface area contributed by atoms with Crippen LogP contribution in [0, 0.1) is 5.41 Å². The number of rotatable bonds is 4. The highest BCUT2D eigenvalue weighted by Gasteiger charge is 2.57. The summed E-state index contributed by atoms with van der Waals surface area (Å²) in [5, 5.41) is 4.78. The number of fused-ring (bicyclic) bond motifs is 8. The third kappa shape index (κ3) is 4.28. The smallest absolute Gasteiger partial charge is 0.238 e. The first-order valence-corrected chi connectivity index (χ1v) is 18.6. The fourth-order valence-corrected chi connectivity index (χ4v) is 9.03. The fourth-order valence-electron chi connectivity index (χ4n) is 9.03. The molecule has 1 aliphatic rings. The maximum Gasteiger partial charge on any atom is 0.238 e. The number of para-hydroxylation sites is 2. The molecule has 5 nitrogen and oxygen atoms in total. The largest absolute Gasteiger partial charge is 0.307 e. The predicted molar refractivity (Wildman–Crippen MR) is 219 cm³/mol. The van der Waals surface area contributed by atoms with Crippen LogP contribution in [0.4, 0.5) is 0 Å². The average Bonchev–Trinajstić information content (AvgIpc) is 3.73. The minimum Gasteiger partial charge on any atom is -0.307 e. The summed E-state index contributed by atoms with van der Waals surface area (Å²) >= 11 is 0. The van der Waals surface area contributed by atoms with E-state index in [1.54, 1.807) is 0 Å². The molecule has 0 aliphatic heterocycles. The van der Waals surface area contributed by atoms with E-state index in [-0.39, 0.29) is 16.2 Å². The van der Waals surface area contributed by atoms with Gasteiger partial charge in [0.25, 0.3) is 0 Å². The van der Waals surface area contributed by atoms with Crippen LogP contribution in [0.5, 0.6) is 0 Å². The predicted octanol–water partition coefficient (Wildman–Crippen LogP) is 12.0. The van der Waals surface area contributed by atoms with Crippen LogP contribution < -0.4 is 0 Å². The quantitative estimate of drug-likeness (QED) is 0.185. The van der Waals surface area contributed by atoms with Gasteiger partial charge in [0.1, 0.15) is 0 Å². The van der Waals surface area contributed by atoms with Gasteiger partial charge in [0.05, 0.1) is 22.1 Å². The van der Waals surface area contributed by atoms with E-state index >= 15 is 0 Å². The average molecular weight is 688 g/mol. The molecule has 5 heteroatoms. The molecule has 1 aliphatic carbocycles. The highest BCUT2D eigenvalue weighted by atomic mass is 15.2. The van der Waals surface area contributed by atoms with Gasteiger partial charge < -0.3 is 4.57 Å². The van der Waals surface area contributed by atoms with Crippen molar-refractivity contribution in [2.75, 3.05) is 0 Å². The number of hydrogen-bond acceptors (Lipinski definition) is 3. The third-order valence-electron chi connectivity index (χ3n) is 13.1. The Bertz CT molecular complexity index is 2840. The standard InChI is InChI=1S/C48H41N5/c1-46(2)37-28-36-35-27-26-34-33-24-16-17-25-39(33)52(32-22-14-9-15-23-32)41(34)42(35)53(40(36)29-38(37)47(3,4)48(46,5)6)45-50-43(30-18-10-7-11-19-30)49-44(51-45)31-20-12-8-13-21-31/h7-29H,1-6H3. The summed E-state index contributed by atoms with van der Waals surface area (Å²) < 4.78 is 4.75. The summed E-state index contributed by atoms with van der Waals surface area (Å²) in [6, 6.07) is 49.5. The van der Waals surface area contributed by atoms with Crippen molar-refractivity contribution in [3.05, 3.63) is 151 Å². The fraction of sp³-hybridized carbons (Fsp3) is 0.188. The molecule has 258 valence electrons. The zero-order chi connectivity index (χ0) is 36.3. The maximum absolute atomic E-state index is 5.35. The Kier molecular flexibility index (Phi) is 6.55. The molecule has 53 heavy (non-hydrogen) atoms. The molecule has 0 saturated carbocycles. The van der Waals surface area contributed by atoms with Crippen molar-refractivity contribution < 1.29 is 0 Å². The lowest BCUT2D eigenvalue weighted by atomic mass is 9.59. The maximum atomic E-state index is 5.35. The topological polar surface area (TPSA) is 48.5 Å². The van der Waals surface area contributed by atoms with E-state index in [1.165, 1.54) is 32.7 Å². The normalized spacial score (nSPS) is 15.8. The number of benzene rings is 6. The monoisotopic (exact) mass is 687 g/mol. The molecule has 0 amide bonds. The molecule has 3 heterocycles. The Balaban J connectivity index is 1.43. The summed E-state index contributed by atoms with van der Waals surface area (Å²) in [4.78, 5) is 15.8. The molecule has 0 N–H and O–H groups in total. The number of hydrogen-bond donors (Lipinski definition) is 0. The van der Waals surface area contributed by atoms with Crippen LogP contribution in [0.1, 0.15) is 52.7 Å². The second-order valence-corrected chi connectivity index (χ2v) is 16.2. The minimum atomic E-state index is -0.0843. The zero-order valence-electron chi connectivity index (χ0n) is 31.0. The second kappa shape index (κ2) is 11.0. The van der Waals surface area contributed by atoms with Crippen molar-refractivity contribution in [1.29, 1.82) is 0 Å². The van der Waals surface area contributed by atoms with Gasteiger partial charge >= 0.3 is 0 Å². The minimum absolute atomic E-state index is 0.0168. The Morgan fingerprint density at radius 2 is 0.906 bits per heavy atom. The molecule has 3 aromatic heterocycles. The van der Waals surface area contributed by atoms with Crippen LogP contribution in [0.25, 0.3) is 78.0 Å². The lowest BCUT2D eigenvalue weighted by molar-refractivity contribution is 0.125. The molecule has 9 aromatic rings. The van der Waals surface area contributed by atoms with E-state index in [4.69, 9.17) is 15.0 Å². The Morgan fingerprint density at radius 1 is 0.415 bits per heavy atom. The van der Waals surface area contributed by atoms with Crippen LogP contribution in [0.2, 0.25) is 0 Å². The van der Waals surface area contributed by atoms with Crippen molar-refractivity contribution in [2.45, 2.75) is 52.4 Å². The molecule has 0 atom stereocenters. The molecular formula is C48H41N5. The first-order valence-electron chi connectivity index (χ1n) is 18.6. The molecule has 0 bridgehead atoms. The van der Waals surface area contributed by atoms with Gasteiger partial charge in [-0.2, -0.15) is 9.97 Å². The molecule has 10 rings (SSSR count). The third-order valence-corrected chi connectivity index (χ3v) is 13.1. The summed E-state index contributed by atoms with van der Waals surface area (Å²) in [6.07, 6.45) is 0. The Hall–Kier alpha value is -6.07. The van der Waals surface area contributed by atoms with E-state index in [0.717, 1.165) is 38.9 Å². The summed E-state index contributed by atoms with van der Waals surface area (Å²) in [7, 11) is 0. The Morgan fingerprint density at radius 3 is 1.51 bits per heavy atom. The number of nitrogens with zero attached hydrogens (tertiary/aromatic N) is 5. The van der Waals surface area contributed by atoms with Gasteiger partial charge in [-0.1, -0.05) is 151 Å². The lowest BCUT2D eigenvalue weighted by Gasteiger charge is -2.44. The summed E-state index contributed by atoms with van der Waals surface area (Å²) in [5.41, 5.74) is 10.2. The van der Waals surface area contributed by atoms with E-state index in [1.807, 2.05) is 36.4 Å². The number of aromatic nitrogens is 5. The van der Waals surface area contributed by atoms with Crippen molar-refractivity contribution in [3.8, 4) is 34.4 Å². The van der Waals surface area contributed by atoms with Gasteiger partial charge in [0, 0.05) is 38.4 Å². The van der Waals surface area contributed by atoms with Crippen LogP contribution in [0.3, 0.4) is 0 Å². The molecular weight excluding hydrogens is 647 g/mol. The van der Waals surface area contributed by atoms with Crippen molar-refractivity contribution in [2.24, 2.45) is 5.41 Å². The lowest BCUT2D eigenvalue weighted by Crippen LogP contribution is -2.42. The SMILES string of the molecule is CC1(C)c2cc3c4ccc5c6ccccc6n(-c6ccccc6)c5c4n(-c4nc(-c5ccccc5)nc(-c5ccccc5)n4)c3cc2C(C)(C)C1(C)C. The highest BCUT2D eigenvalue weighted by molar-refractivity contribution is 6.24. The molecule has 0 radical (unpaired) electrons. The van der Waals surface area contributed by atoms with Crippen LogP contribution in [0.15, 0.2) is 140 Å². The molecule has 0 saturated heterocycles. The molecule has 6 aromatic carbocycles. The van der Waals surface area contributed by atoms with Crippen LogP contribution >= 0.6 is 0 Å². The van der Waals surface area contributed by atoms with E-state index in [9.17, 15) is 0 Å². The van der Waals surface area contributed by atoms with E-state index in [0.29, 0.717) is 17.6 Å². The van der Waals surface area contributed by atoms with Gasteiger partial charge in [0.2, 0.25) is 5.95 Å². The molecule has 0 fully saturated rings. The first-order chi connectivity index (χ1) is 25.6. The van der Waals surface area contributed by atoms with Gasteiger partial charge in [-0.15, -0.1) is 0 Å². The molecule has 0 spiro atoms. The van der Waals surface area contributed by atoms with Crippen molar-refractivity contribution >= 4 is 43.6 Å². The highest BCUT2D eigenvalue weighted by Crippen LogP contribution is 2.62. The van der Waals surface area contributed by atoms with Crippen molar-refractivity contribution in [1.82, 2.24) is 24.1 Å². The van der Waals surface area contributed by atoms with Gasteiger partial charge in [-0.25, -0.2) is 4.98 Å². The second-order valence-electron chi connectivity index (χ2n) is 16.2. The van der Waals surface area contributed by atoms with Crippen molar-refractivity contribution in [3.63, 3.8) is 0 Å². The van der Waals surface area contributed by atoms with Gasteiger partial charge in [-0.05, 0) is 57.7 Å². The molecule has 0 unspecified atom stereocenters. The summed E-state index contributed by atoms with van der Waals surface area (Å²) in [6.45, 7) is 14.5. The summed E-state index contributed by atoms with van der Waals surface area (Å²) in [5.74, 6) is 1.89. The first kappa shape index (κ1) is 31.6. The van der Waals surface area contributed by atoms with E-state index < -0.39 is 0 Å². The van der Waals surface area contributed by atoms with Crippen LogP contribution in [-0.2, 0) is 10.8 Å². The zero-order valence-corrected chi connectivity index (χ0v) is 31.0. The van der Waals surface area contributed by atoms with Gasteiger partial charge in [-0.3, -0.25) is 4.57 Å². The van der Waals surface area contributed by atoms with E-state index in [2.05, 4.69) is 154 Å².